The maximum atomic E-state index is 13.2. The Hall–Kier alpha value is -1.04. The smallest absolute Gasteiger partial charge is 0.242 e. The van der Waals surface area contributed by atoms with Crippen molar-refractivity contribution in [1.29, 1.82) is 0 Å². The van der Waals surface area contributed by atoms with Gasteiger partial charge in [-0.25, -0.2) is 0 Å². The summed E-state index contributed by atoms with van der Waals surface area (Å²) in [6.07, 6.45) is 16.1. The van der Waals surface area contributed by atoms with Crippen LogP contribution in [-0.2, 0) is 14.4 Å². The maximum absolute atomic E-state index is 13.2. The molecule has 0 aromatic rings. The van der Waals surface area contributed by atoms with E-state index >= 15 is 0 Å². The van der Waals surface area contributed by atoms with Crippen LogP contribution in [0.2, 0.25) is 0 Å². The van der Waals surface area contributed by atoms with Gasteiger partial charge in [0, 0.05) is 30.2 Å². The molecule has 0 aromatic heterocycles. The number of hydrogen-bond donors (Lipinski definition) is 1. The van der Waals surface area contributed by atoms with E-state index in [4.69, 9.17) is 0 Å². The van der Waals surface area contributed by atoms with Gasteiger partial charge in [0.1, 0.15) is 0 Å². The molecule has 0 radical (unpaired) electrons. The van der Waals surface area contributed by atoms with Crippen molar-refractivity contribution in [1.82, 2.24) is 10.2 Å². The number of likely N-dealkylation sites (tertiary alicyclic amines) is 1. The number of thioether (sulfide) groups is 1. The van der Waals surface area contributed by atoms with Gasteiger partial charge in [0.2, 0.25) is 17.7 Å². The van der Waals surface area contributed by atoms with Crippen LogP contribution < -0.4 is 5.32 Å². The molecule has 0 spiro atoms. The normalized spacial score (nSPS) is 23.4. The van der Waals surface area contributed by atoms with E-state index in [1.165, 1.54) is 62.7 Å². The highest BCUT2D eigenvalue weighted by molar-refractivity contribution is 8.02. The Morgan fingerprint density at radius 2 is 1.60 bits per heavy atom. The second kappa shape index (κ2) is 15.3. The van der Waals surface area contributed by atoms with Crippen LogP contribution in [-0.4, -0.2) is 45.2 Å². The lowest BCUT2D eigenvalue weighted by molar-refractivity contribution is -0.138. The average Bonchev–Trinajstić information content (AvgIpc) is 3.08. The molecule has 1 aliphatic heterocycles. The summed E-state index contributed by atoms with van der Waals surface area (Å²) < 4.78 is 0.0519. The van der Waals surface area contributed by atoms with Crippen molar-refractivity contribution in [2.45, 2.75) is 147 Å². The lowest BCUT2D eigenvalue weighted by Gasteiger charge is -2.38. The molecule has 3 atom stereocenters. The monoisotopic (exact) mass is 508 g/mol. The first kappa shape index (κ1) is 30.2. The molecule has 3 unspecified atom stereocenters. The van der Waals surface area contributed by atoms with E-state index < -0.39 is 0 Å². The second-order valence-electron chi connectivity index (χ2n) is 11.5. The topological polar surface area (TPSA) is 66.5 Å². The van der Waals surface area contributed by atoms with Crippen molar-refractivity contribution in [3.63, 3.8) is 0 Å². The molecule has 202 valence electrons. The molecule has 1 N–H and O–H groups in total. The van der Waals surface area contributed by atoms with Crippen LogP contribution in [0, 0.1) is 11.8 Å². The highest BCUT2D eigenvalue weighted by Gasteiger charge is 2.44. The summed E-state index contributed by atoms with van der Waals surface area (Å²) in [7, 11) is 0. The highest BCUT2D eigenvalue weighted by Crippen LogP contribution is 2.46. The van der Waals surface area contributed by atoms with Gasteiger partial charge in [-0.2, -0.15) is 0 Å². The largest absolute Gasteiger partial charge is 0.353 e. The number of nitrogens with one attached hydrogen (secondary N) is 1. The molecule has 0 aromatic carbocycles. The molecule has 2 rings (SSSR count). The molecular formula is C29H52N2O3S. The second-order valence-corrected chi connectivity index (χ2v) is 13.3. The first-order chi connectivity index (χ1) is 16.7. The van der Waals surface area contributed by atoms with E-state index in [-0.39, 0.29) is 33.8 Å². The Labute approximate surface area is 219 Å². The summed E-state index contributed by atoms with van der Waals surface area (Å²) in [5, 5.41) is 2.81. The number of imide groups is 1. The summed E-state index contributed by atoms with van der Waals surface area (Å²) in [5.74, 6) is 1.14. The van der Waals surface area contributed by atoms with E-state index in [1.807, 2.05) is 6.92 Å². The minimum Gasteiger partial charge on any atom is -0.353 e. The molecule has 3 amide bonds. The van der Waals surface area contributed by atoms with Crippen molar-refractivity contribution in [3.8, 4) is 0 Å². The van der Waals surface area contributed by atoms with Gasteiger partial charge < -0.3 is 5.32 Å². The third kappa shape index (κ3) is 9.74. The molecule has 0 bridgehead atoms. The quantitative estimate of drug-likeness (QED) is 0.230. The van der Waals surface area contributed by atoms with E-state index in [0.29, 0.717) is 31.2 Å². The van der Waals surface area contributed by atoms with Crippen molar-refractivity contribution in [2.24, 2.45) is 11.8 Å². The molecule has 1 saturated heterocycles. The van der Waals surface area contributed by atoms with Gasteiger partial charge in [0.05, 0.1) is 5.25 Å². The molecule has 6 heteroatoms. The van der Waals surface area contributed by atoms with Gasteiger partial charge in [-0.1, -0.05) is 79.1 Å². The summed E-state index contributed by atoms with van der Waals surface area (Å²) in [4.78, 5) is 39.5. The van der Waals surface area contributed by atoms with Crippen molar-refractivity contribution in [3.05, 3.63) is 0 Å². The van der Waals surface area contributed by atoms with Crippen LogP contribution in [0.4, 0.5) is 0 Å². The van der Waals surface area contributed by atoms with Gasteiger partial charge in [-0.15, -0.1) is 11.8 Å². The lowest BCUT2D eigenvalue weighted by Crippen LogP contribution is -2.37. The molecule has 35 heavy (non-hydrogen) atoms. The Kier molecular flexibility index (Phi) is 13.2. The minimum absolute atomic E-state index is 0.0135. The van der Waals surface area contributed by atoms with Crippen LogP contribution in [0.3, 0.4) is 0 Å². The molecule has 5 nitrogen and oxygen atoms in total. The van der Waals surface area contributed by atoms with Gasteiger partial charge in [-0.05, 0) is 50.9 Å². The summed E-state index contributed by atoms with van der Waals surface area (Å²) in [5.41, 5.74) is 0. The van der Waals surface area contributed by atoms with Crippen molar-refractivity contribution < 1.29 is 14.4 Å². The zero-order valence-electron chi connectivity index (χ0n) is 23.2. The predicted octanol–water partition coefficient (Wildman–Crippen LogP) is 6.88. The number of unbranched alkanes of at least 4 members (excludes halogenated alkanes) is 2. The molecular weight excluding hydrogens is 456 g/mol. The Bertz CT molecular complexity index is 673. The highest BCUT2D eigenvalue weighted by atomic mass is 32.2. The van der Waals surface area contributed by atoms with E-state index in [0.717, 1.165) is 25.7 Å². The SMILES string of the molecule is CCC(C)(SC1CC(=O)N(CCCCCC(=O)NC(C)C(C)C)C1=O)C1CCCCCCCCC1. The Morgan fingerprint density at radius 3 is 2.17 bits per heavy atom. The van der Waals surface area contributed by atoms with Crippen LogP contribution in [0.5, 0.6) is 0 Å². The lowest BCUT2D eigenvalue weighted by atomic mass is 9.81. The number of rotatable bonds is 12. The predicted molar refractivity (Wildman–Crippen MR) is 147 cm³/mol. The van der Waals surface area contributed by atoms with Crippen LogP contribution in [0.25, 0.3) is 0 Å². The van der Waals surface area contributed by atoms with E-state index in [9.17, 15) is 14.4 Å². The van der Waals surface area contributed by atoms with Gasteiger partial charge >= 0.3 is 0 Å². The third-order valence-corrected chi connectivity index (χ3v) is 10.3. The molecule has 2 aliphatic rings. The zero-order valence-corrected chi connectivity index (χ0v) is 24.0. The fourth-order valence-corrected chi connectivity index (χ4v) is 7.12. The number of amides is 3. The molecule has 1 heterocycles. The van der Waals surface area contributed by atoms with Crippen LogP contribution >= 0.6 is 11.8 Å². The van der Waals surface area contributed by atoms with E-state index in [2.05, 4.69) is 33.0 Å². The Morgan fingerprint density at radius 1 is 1.00 bits per heavy atom. The maximum Gasteiger partial charge on any atom is 0.242 e. The average molecular weight is 509 g/mol. The van der Waals surface area contributed by atoms with Gasteiger partial charge in [0.15, 0.2) is 0 Å². The first-order valence-electron chi connectivity index (χ1n) is 14.5. The standard InChI is InChI=1S/C29H52N2O3S/c1-6-29(5,24-17-13-10-8-7-9-11-14-18-24)35-25-21-27(33)31(28(25)34)20-16-12-15-19-26(32)30-23(4)22(2)3/h22-25H,6-21H2,1-5H3,(H,30,32). The number of carbonyl (C=O) groups excluding carboxylic acids is 3. The molecule has 1 aliphatic carbocycles. The first-order valence-corrected chi connectivity index (χ1v) is 15.4. The van der Waals surface area contributed by atoms with Crippen molar-refractivity contribution >= 4 is 29.5 Å². The Balaban J connectivity index is 1.81. The fourth-order valence-electron chi connectivity index (χ4n) is 5.42. The molecule has 1 saturated carbocycles. The number of nitrogens with zero attached hydrogens (tertiary/aromatic N) is 1. The minimum atomic E-state index is -0.230. The number of hydrogen-bond acceptors (Lipinski definition) is 4. The van der Waals surface area contributed by atoms with E-state index in [1.54, 1.807) is 11.8 Å². The zero-order chi connectivity index (χ0) is 25.8. The number of carbonyl (C=O) groups is 3. The third-order valence-electron chi connectivity index (χ3n) is 8.46. The van der Waals surface area contributed by atoms with Gasteiger partial charge in [-0.3, -0.25) is 19.3 Å². The summed E-state index contributed by atoms with van der Waals surface area (Å²) in [6.45, 7) is 11.3. The summed E-state index contributed by atoms with van der Waals surface area (Å²) >= 11 is 1.80. The fraction of sp³-hybridized carbons (Fsp3) is 0.897. The van der Waals surface area contributed by atoms with Crippen LogP contribution in [0.1, 0.15) is 131 Å². The summed E-state index contributed by atoms with van der Waals surface area (Å²) in [6, 6.07) is 0.182. The van der Waals surface area contributed by atoms with Crippen LogP contribution in [0.15, 0.2) is 0 Å². The van der Waals surface area contributed by atoms with Crippen molar-refractivity contribution in [2.75, 3.05) is 6.54 Å². The molecule has 2 fully saturated rings. The van der Waals surface area contributed by atoms with Gasteiger partial charge in [0.25, 0.3) is 0 Å².